The maximum Gasteiger partial charge on any atom is 0.322 e. The van der Waals surface area contributed by atoms with Crippen molar-refractivity contribution < 1.29 is 14.7 Å². The fourth-order valence-electron chi connectivity index (χ4n) is 0.918. The maximum absolute atomic E-state index is 11.3. The average molecular weight is 197 g/mol. The predicted molar refractivity (Wildman–Crippen MR) is 47.9 cm³/mol. The molecular formula is C8H11N3O3. The molecule has 1 aromatic rings. The first kappa shape index (κ1) is 10.2. The molecule has 1 rings (SSSR count). The van der Waals surface area contributed by atoms with Crippen molar-refractivity contribution in [3.05, 3.63) is 17.5 Å². The Labute approximate surface area is 80.5 Å². The second-order valence-corrected chi connectivity index (χ2v) is 2.87. The van der Waals surface area contributed by atoms with Crippen molar-refractivity contribution in [2.45, 2.75) is 6.92 Å². The van der Waals surface area contributed by atoms with Gasteiger partial charge in [-0.1, -0.05) is 0 Å². The van der Waals surface area contributed by atoms with E-state index >= 15 is 0 Å². The van der Waals surface area contributed by atoms with Gasteiger partial charge in [0.25, 0.3) is 5.91 Å². The minimum absolute atomic E-state index is 0.228. The molecule has 0 spiro atoms. The molecule has 1 heterocycles. The summed E-state index contributed by atoms with van der Waals surface area (Å²) in [5.74, 6) is -1.55. The van der Waals surface area contributed by atoms with E-state index in [1.807, 2.05) is 0 Å². The van der Waals surface area contributed by atoms with Gasteiger partial charge >= 0.3 is 5.97 Å². The Morgan fingerprint density at radius 2 is 2.29 bits per heavy atom. The minimum atomic E-state index is -1.08. The fraction of sp³-hybridized carbons (Fsp3) is 0.375. The van der Waals surface area contributed by atoms with E-state index < -0.39 is 18.4 Å². The Morgan fingerprint density at radius 1 is 1.64 bits per heavy atom. The highest BCUT2D eigenvalue weighted by molar-refractivity contribution is 5.94. The van der Waals surface area contributed by atoms with Crippen molar-refractivity contribution >= 4 is 11.9 Å². The number of aliphatic carboxylic acids is 1. The summed E-state index contributed by atoms with van der Waals surface area (Å²) < 4.78 is 1.55. The molecule has 6 heteroatoms. The Balaban J connectivity index is 2.65. The van der Waals surface area contributed by atoms with Crippen LogP contribution in [0.15, 0.2) is 6.07 Å². The Morgan fingerprint density at radius 3 is 2.71 bits per heavy atom. The van der Waals surface area contributed by atoms with Crippen molar-refractivity contribution in [2.75, 3.05) is 6.54 Å². The number of aromatic nitrogens is 2. The van der Waals surface area contributed by atoms with Gasteiger partial charge in [0.1, 0.15) is 12.2 Å². The molecule has 0 saturated heterocycles. The second kappa shape index (κ2) is 3.91. The molecule has 14 heavy (non-hydrogen) atoms. The number of carboxylic acids is 1. The molecule has 0 atom stereocenters. The van der Waals surface area contributed by atoms with Crippen LogP contribution in [0.2, 0.25) is 0 Å². The number of nitrogens with one attached hydrogen (secondary N) is 1. The van der Waals surface area contributed by atoms with Crippen molar-refractivity contribution in [3.63, 3.8) is 0 Å². The first-order chi connectivity index (χ1) is 6.50. The highest BCUT2D eigenvalue weighted by Crippen LogP contribution is 2.00. The molecule has 0 bridgehead atoms. The van der Waals surface area contributed by atoms with Gasteiger partial charge in [-0.05, 0) is 13.0 Å². The van der Waals surface area contributed by atoms with Crippen LogP contribution in [0.25, 0.3) is 0 Å². The molecule has 0 aliphatic heterocycles. The van der Waals surface area contributed by atoms with Gasteiger partial charge in [-0.2, -0.15) is 5.10 Å². The van der Waals surface area contributed by atoms with Crippen molar-refractivity contribution in [2.24, 2.45) is 7.05 Å². The number of carbonyl (C=O) groups is 2. The van der Waals surface area contributed by atoms with Crippen LogP contribution < -0.4 is 5.32 Å². The Bertz CT molecular complexity index is 350. The number of carboxylic acid groups (broad SMARTS) is 1. The van der Waals surface area contributed by atoms with Crippen LogP contribution in [0.4, 0.5) is 0 Å². The number of hydrogen-bond donors (Lipinski definition) is 2. The molecular weight excluding hydrogens is 186 g/mol. The summed E-state index contributed by atoms with van der Waals surface area (Å²) in [6.07, 6.45) is 0. The highest BCUT2D eigenvalue weighted by Gasteiger charge is 2.11. The molecule has 0 radical (unpaired) electrons. The van der Waals surface area contributed by atoms with Crippen LogP contribution >= 0.6 is 0 Å². The van der Waals surface area contributed by atoms with E-state index in [9.17, 15) is 9.59 Å². The van der Waals surface area contributed by atoms with Crippen molar-refractivity contribution in [1.29, 1.82) is 0 Å². The molecule has 0 saturated carbocycles. The first-order valence-corrected chi connectivity index (χ1v) is 4.01. The second-order valence-electron chi connectivity index (χ2n) is 2.87. The standard InChI is InChI=1S/C8H11N3O3/c1-5-3-6(10-11(5)2)8(14)9-4-7(12)13/h3H,4H2,1-2H3,(H,9,14)(H,12,13). The van der Waals surface area contributed by atoms with Gasteiger partial charge in [0.2, 0.25) is 0 Å². The topological polar surface area (TPSA) is 84.2 Å². The van der Waals surface area contributed by atoms with E-state index in [0.717, 1.165) is 5.69 Å². The number of aryl methyl sites for hydroxylation is 2. The molecule has 6 nitrogen and oxygen atoms in total. The lowest BCUT2D eigenvalue weighted by Crippen LogP contribution is -2.29. The number of nitrogens with zero attached hydrogens (tertiary/aromatic N) is 2. The van der Waals surface area contributed by atoms with Gasteiger partial charge in [0.15, 0.2) is 0 Å². The summed E-state index contributed by atoms with van der Waals surface area (Å²) >= 11 is 0. The van der Waals surface area contributed by atoms with Crippen molar-refractivity contribution in [3.8, 4) is 0 Å². The normalized spacial score (nSPS) is 9.86. The molecule has 0 fully saturated rings. The number of carbonyl (C=O) groups excluding carboxylic acids is 1. The molecule has 0 aliphatic carbocycles. The molecule has 0 unspecified atom stereocenters. The van der Waals surface area contributed by atoms with E-state index in [2.05, 4.69) is 10.4 Å². The largest absolute Gasteiger partial charge is 0.480 e. The lowest BCUT2D eigenvalue weighted by molar-refractivity contribution is -0.135. The SMILES string of the molecule is Cc1cc(C(=O)NCC(=O)O)nn1C. The van der Waals surface area contributed by atoms with E-state index in [4.69, 9.17) is 5.11 Å². The van der Waals surface area contributed by atoms with Gasteiger partial charge in [0, 0.05) is 12.7 Å². The van der Waals surface area contributed by atoms with E-state index in [1.165, 1.54) is 0 Å². The average Bonchev–Trinajstić information content (AvgIpc) is 2.43. The maximum atomic E-state index is 11.3. The first-order valence-electron chi connectivity index (χ1n) is 4.01. The van der Waals surface area contributed by atoms with Crippen LogP contribution in [0.1, 0.15) is 16.2 Å². The summed E-state index contributed by atoms with van der Waals surface area (Å²) in [5.41, 5.74) is 1.07. The smallest absolute Gasteiger partial charge is 0.322 e. The predicted octanol–water partition coefficient (Wildman–Crippen LogP) is -0.457. The quantitative estimate of drug-likeness (QED) is 0.686. The molecule has 1 aromatic heterocycles. The molecule has 0 aromatic carbocycles. The minimum Gasteiger partial charge on any atom is -0.480 e. The zero-order valence-corrected chi connectivity index (χ0v) is 7.94. The number of rotatable bonds is 3. The van der Waals surface area contributed by atoms with Crippen LogP contribution in [-0.2, 0) is 11.8 Å². The van der Waals surface area contributed by atoms with Crippen LogP contribution in [0.5, 0.6) is 0 Å². The summed E-state index contributed by atoms with van der Waals surface area (Å²) in [6, 6.07) is 1.59. The van der Waals surface area contributed by atoms with E-state index in [1.54, 1.807) is 24.7 Å². The highest BCUT2D eigenvalue weighted by atomic mass is 16.4. The summed E-state index contributed by atoms with van der Waals surface area (Å²) in [7, 11) is 1.71. The molecule has 1 amide bonds. The summed E-state index contributed by atoms with van der Waals surface area (Å²) in [5, 5.41) is 14.5. The number of hydrogen-bond acceptors (Lipinski definition) is 3. The van der Waals surface area contributed by atoms with Gasteiger partial charge in [-0.25, -0.2) is 0 Å². The van der Waals surface area contributed by atoms with E-state index in [0.29, 0.717) is 0 Å². The number of amides is 1. The lowest BCUT2D eigenvalue weighted by atomic mass is 10.3. The van der Waals surface area contributed by atoms with Crippen molar-refractivity contribution in [1.82, 2.24) is 15.1 Å². The lowest BCUT2D eigenvalue weighted by Gasteiger charge is -1.97. The third-order valence-corrected chi connectivity index (χ3v) is 1.75. The van der Waals surface area contributed by atoms with Crippen LogP contribution in [0, 0.1) is 6.92 Å². The van der Waals surface area contributed by atoms with Gasteiger partial charge in [-0.3, -0.25) is 14.3 Å². The molecule has 76 valence electrons. The summed E-state index contributed by atoms with van der Waals surface area (Å²) in [4.78, 5) is 21.4. The third-order valence-electron chi connectivity index (χ3n) is 1.75. The van der Waals surface area contributed by atoms with Gasteiger partial charge < -0.3 is 10.4 Å². The Kier molecular flexibility index (Phi) is 2.85. The zero-order valence-electron chi connectivity index (χ0n) is 7.94. The molecule has 0 aliphatic rings. The third kappa shape index (κ3) is 2.32. The monoisotopic (exact) mass is 197 g/mol. The van der Waals surface area contributed by atoms with Gasteiger partial charge in [-0.15, -0.1) is 0 Å². The fourth-order valence-corrected chi connectivity index (χ4v) is 0.918. The van der Waals surface area contributed by atoms with Gasteiger partial charge in [0.05, 0.1) is 0 Å². The van der Waals surface area contributed by atoms with E-state index in [-0.39, 0.29) is 5.69 Å². The Hall–Kier alpha value is -1.85. The van der Waals surface area contributed by atoms with Crippen LogP contribution in [-0.4, -0.2) is 33.3 Å². The molecule has 2 N–H and O–H groups in total. The van der Waals surface area contributed by atoms with Crippen LogP contribution in [0.3, 0.4) is 0 Å². The summed E-state index contributed by atoms with van der Waals surface area (Å²) in [6.45, 7) is 1.41. The zero-order chi connectivity index (χ0) is 10.7.